The Labute approximate surface area is 129 Å². The molecular formula is C14H14BrNO3S. The zero-order valence-electron chi connectivity index (χ0n) is 11.1. The number of nitrogen functional groups attached to an aromatic ring is 1. The predicted molar refractivity (Wildman–Crippen MR) is 82.9 cm³/mol. The highest BCUT2D eigenvalue weighted by atomic mass is 79.9. The Morgan fingerprint density at radius 2 is 2.15 bits per heavy atom. The lowest BCUT2D eigenvalue weighted by atomic mass is 10.3. The van der Waals surface area contributed by atoms with E-state index in [0.29, 0.717) is 5.69 Å². The molecule has 0 radical (unpaired) electrons. The van der Waals surface area contributed by atoms with Crippen molar-refractivity contribution in [3.05, 3.63) is 46.3 Å². The van der Waals surface area contributed by atoms with Crippen molar-refractivity contribution in [2.45, 2.75) is 17.1 Å². The maximum Gasteiger partial charge on any atom is 0.373 e. The lowest BCUT2D eigenvalue weighted by Crippen LogP contribution is -1.98. The van der Waals surface area contributed by atoms with E-state index in [1.165, 1.54) is 7.11 Å². The van der Waals surface area contributed by atoms with Crippen LogP contribution in [0.25, 0.3) is 0 Å². The van der Waals surface area contributed by atoms with Gasteiger partial charge in [0.05, 0.1) is 12.4 Å². The van der Waals surface area contributed by atoms with Crippen molar-refractivity contribution in [2.24, 2.45) is 0 Å². The summed E-state index contributed by atoms with van der Waals surface area (Å²) in [6.45, 7) is 2.01. The first-order chi connectivity index (χ1) is 9.51. The van der Waals surface area contributed by atoms with Crippen molar-refractivity contribution < 1.29 is 13.9 Å². The number of nitrogens with two attached hydrogens (primary N) is 1. The normalized spacial score (nSPS) is 12.2. The minimum absolute atomic E-state index is 0.0633. The number of furan rings is 1. The Hall–Kier alpha value is -1.40. The third kappa shape index (κ3) is 3.37. The first-order valence-corrected chi connectivity index (χ1v) is 7.58. The predicted octanol–water partition coefficient (Wildman–Crippen LogP) is 4.26. The van der Waals surface area contributed by atoms with E-state index >= 15 is 0 Å². The van der Waals surface area contributed by atoms with E-state index in [-0.39, 0.29) is 11.0 Å². The quantitative estimate of drug-likeness (QED) is 0.504. The molecule has 1 unspecified atom stereocenters. The minimum atomic E-state index is -0.470. The Morgan fingerprint density at radius 1 is 1.40 bits per heavy atom. The molecule has 6 heteroatoms. The number of anilines is 1. The van der Waals surface area contributed by atoms with Gasteiger partial charge in [-0.2, -0.15) is 0 Å². The lowest BCUT2D eigenvalue weighted by molar-refractivity contribution is 0.0563. The number of carbonyl (C=O) groups is 1. The van der Waals surface area contributed by atoms with E-state index in [0.717, 1.165) is 15.1 Å². The van der Waals surface area contributed by atoms with Crippen LogP contribution >= 0.6 is 27.7 Å². The van der Waals surface area contributed by atoms with E-state index in [1.807, 2.05) is 25.1 Å². The third-order valence-electron chi connectivity index (χ3n) is 2.67. The van der Waals surface area contributed by atoms with Gasteiger partial charge in [-0.05, 0) is 53.2 Å². The summed E-state index contributed by atoms with van der Waals surface area (Å²) >= 11 is 5.10. The first kappa shape index (κ1) is 15.0. The first-order valence-electron chi connectivity index (χ1n) is 5.91. The molecule has 2 rings (SSSR count). The fraction of sp³-hybridized carbons (Fsp3) is 0.214. The average Bonchev–Trinajstić information content (AvgIpc) is 2.90. The second-order valence-corrected chi connectivity index (χ2v) is 6.38. The van der Waals surface area contributed by atoms with E-state index in [9.17, 15) is 4.79 Å². The number of esters is 1. The van der Waals surface area contributed by atoms with Gasteiger partial charge in [-0.1, -0.05) is 0 Å². The maximum atomic E-state index is 11.4. The van der Waals surface area contributed by atoms with Crippen molar-refractivity contribution in [1.82, 2.24) is 0 Å². The number of methoxy groups -OCH3 is 1. The average molecular weight is 356 g/mol. The standard InChI is InChI=1S/C14H14BrNO3S/c1-8(11-4-5-12(19-11)14(17)18-2)20-13-6-3-9(16)7-10(13)15/h3-8H,16H2,1-2H3. The number of hydrogen-bond donors (Lipinski definition) is 1. The Morgan fingerprint density at radius 3 is 2.80 bits per heavy atom. The van der Waals surface area contributed by atoms with Crippen LogP contribution in [0.1, 0.15) is 28.5 Å². The Bertz CT molecular complexity index is 627. The number of rotatable bonds is 4. The molecule has 0 fully saturated rings. The molecule has 0 spiro atoms. The van der Waals surface area contributed by atoms with Gasteiger partial charge >= 0.3 is 5.97 Å². The summed E-state index contributed by atoms with van der Waals surface area (Å²) < 4.78 is 11.1. The van der Waals surface area contributed by atoms with Crippen molar-refractivity contribution in [2.75, 3.05) is 12.8 Å². The molecule has 0 aliphatic carbocycles. The number of halogens is 1. The van der Waals surface area contributed by atoms with Crippen LogP contribution in [0.5, 0.6) is 0 Å². The van der Waals surface area contributed by atoms with Crippen molar-refractivity contribution >= 4 is 39.3 Å². The molecule has 2 N–H and O–H groups in total. The smallest absolute Gasteiger partial charge is 0.373 e. The van der Waals surface area contributed by atoms with Gasteiger partial charge < -0.3 is 14.9 Å². The Balaban J connectivity index is 2.13. The van der Waals surface area contributed by atoms with E-state index in [1.54, 1.807) is 23.9 Å². The van der Waals surface area contributed by atoms with Crippen LogP contribution in [0, 0.1) is 0 Å². The van der Waals surface area contributed by atoms with Crippen LogP contribution in [-0.4, -0.2) is 13.1 Å². The summed E-state index contributed by atoms with van der Waals surface area (Å²) in [5.74, 6) is 0.465. The molecule has 1 heterocycles. The number of ether oxygens (including phenoxy) is 1. The minimum Gasteiger partial charge on any atom is -0.463 e. The monoisotopic (exact) mass is 355 g/mol. The van der Waals surface area contributed by atoms with E-state index in [2.05, 4.69) is 20.7 Å². The fourth-order valence-corrected chi connectivity index (χ4v) is 3.26. The number of thioether (sulfide) groups is 1. The van der Waals surface area contributed by atoms with Crippen molar-refractivity contribution in [3.63, 3.8) is 0 Å². The number of carbonyl (C=O) groups excluding carboxylic acids is 1. The molecule has 106 valence electrons. The van der Waals surface area contributed by atoms with Crippen molar-refractivity contribution in [1.29, 1.82) is 0 Å². The third-order valence-corrected chi connectivity index (χ3v) is 4.79. The Kier molecular flexibility index (Phi) is 4.77. The molecule has 0 aliphatic rings. The summed E-state index contributed by atoms with van der Waals surface area (Å²) in [6, 6.07) is 9.06. The van der Waals surface area contributed by atoms with Crippen LogP contribution in [0.15, 0.2) is 44.1 Å². The summed E-state index contributed by atoms with van der Waals surface area (Å²) in [6.07, 6.45) is 0. The molecule has 1 aromatic heterocycles. The number of benzene rings is 1. The topological polar surface area (TPSA) is 65.5 Å². The van der Waals surface area contributed by atoms with Gasteiger partial charge in [0.1, 0.15) is 5.76 Å². The summed E-state index contributed by atoms with van der Waals surface area (Å²) in [4.78, 5) is 12.4. The van der Waals surface area contributed by atoms with Gasteiger partial charge in [0.15, 0.2) is 0 Å². The molecule has 0 bridgehead atoms. The summed E-state index contributed by atoms with van der Waals surface area (Å²) in [7, 11) is 1.33. The highest BCUT2D eigenvalue weighted by Gasteiger charge is 2.17. The van der Waals surface area contributed by atoms with Gasteiger partial charge in [-0.15, -0.1) is 11.8 Å². The zero-order valence-corrected chi connectivity index (χ0v) is 13.5. The van der Waals surface area contributed by atoms with Gasteiger partial charge in [0.2, 0.25) is 5.76 Å². The molecule has 0 aliphatic heterocycles. The van der Waals surface area contributed by atoms with Crippen LogP contribution in [0.2, 0.25) is 0 Å². The highest BCUT2D eigenvalue weighted by molar-refractivity contribution is 9.10. The van der Waals surface area contributed by atoms with Gasteiger partial charge in [0, 0.05) is 15.1 Å². The highest BCUT2D eigenvalue weighted by Crippen LogP contribution is 2.39. The molecule has 1 atom stereocenters. The van der Waals surface area contributed by atoms with E-state index < -0.39 is 5.97 Å². The van der Waals surface area contributed by atoms with Crippen LogP contribution in [0.3, 0.4) is 0 Å². The molecule has 0 amide bonds. The molecule has 1 aromatic carbocycles. The molecule has 0 saturated heterocycles. The van der Waals surface area contributed by atoms with Crippen LogP contribution < -0.4 is 5.73 Å². The SMILES string of the molecule is COC(=O)c1ccc(C(C)Sc2ccc(N)cc2Br)o1. The molecule has 4 nitrogen and oxygen atoms in total. The second kappa shape index (κ2) is 6.37. The number of hydrogen-bond acceptors (Lipinski definition) is 5. The maximum absolute atomic E-state index is 11.4. The van der Waals surface area contributed by atoms with Crippen LogP contribution in [0.4, 0.5) is 5.69 Å². The lowest BCUT2D eigenvalue weighted by Gasteiger charge is -2.10. The molecular weight excluding hydrogens is 342 g/mol. The second-order valence-electron chi connectivity index (χ2n) is 4.14. The van der Waals surface area contributed by atoms with Gasteiger partial charge in [0.25, 0.3) is 0 Å². The van der Waals surface area contributed by atoms with Crippen LogP contribution in [-0.2, 0) is 4.74 Å². The summed E-state index contributed by atoms with van der Waals surface area (Å²) in [5, 5.41) is 0.0633. The van der Waals surface area contributed by atoms with Crippen molar-refractivity contribution in [3.8, 4) is 0 Å². The van der Waals surface area contributed by atoms with Gasteiger partial charge in [-0.3, -0.25) is 0 Å². The largest absolute Gasteiger partial charge is 0.463 e. The summed E-state index contributed by atoms with van der Waals surface area (Å²) in [5.41, 5.74) is 6.42. The molecule has 2 aromatic rings. The van der Waals surface area contributed by atoms with Gasteiger partial charge in [-0.25, -0.2) is 4.79 Å². The van der Waals surface area contributed by atoms with E-state index in [4.69, 9.17) is 10.2 Å². The molecule has 0 saturated carbocycles. The molecule has 20 heavy (non-hydrogen) atoms. The fourth-order valence-electron chi connectivity index (χ4n) is 1.64. The zero-order chi connectivity index (χ0) is 14.7.